The van der Waals surface area contributed by atoms with Gasteiger partial charge in [-0.3, -0.25) is 0 Å². The van der Waals surface area contributed by atoms with E-state index in [1.54, 1.807) is 25.8 Å². The van der Waals surface area contributed by atoms with E-state index in [0.29, 0.717) is 23.3 Å². The Hall–Kier alpha value is -1.76. The van der Waals surface area contributed by atoms with Gasteiger partial charge < -0.3 is 14.2 Å². The van der Waals surface area contributed by atoms with Crippen molar-refractivity contribution in [3.63, 3.8) is 0 Å². The molecule has 5 nitrogen and oxygen atoms in total. The summed E-state index contributed by atoms with van der Waals surface area (Å²) < 4.78 is 17.5. The molecule has 0 fully saturated rings. The van der Waals surface area contributed by atoms with Crippen LogP contribution >= 0.6 is 22.9 Å². The van der Waals surface area contributed by atoms with Crippen molar-refractivity contribution in [2.45, 2.75) is 6.61 Å². The van der Waals surface area contributed by atoms with Crippen molar-refractivity contribution < 1.29 is 14.2 Å². The first-order chi connectivity index (χ1) is 10.7. The summed E-state index contributed by atoms with van der Waals surface area (Å²) in [5, 5.41) is 6.91. The highest BCUT2D eigenvalue weighted by atomic mass is 35.5. The van der Waals surface area contributed by atoms with E-state index < -0.39 is 0 Å². The molecule has 0 N–H and O–H groups in total. The minimum Gasteiger partial charge on any atom is -0.496 e. The Kier molecular flexibility index (Phi) is 4.24. The summed E-state index contributed by atoms with van der Waals surface area (Å²) in [7, 11) is 4.82. The zero-order valence-electron chi connectivity index (χ0n) is 12.3. The third-order valence-corrected chi connectivity index (χ3v) is 4.34. The Morgan fingerprint density at radius 3 is 2.77 bits per heavy atom. The van der Waals surface area contributed by atoms with Crippen molar-refractivity contribution in [3.8, 4) is 22.9 Å². The average molecular weight is 338 g/mol. The van der Waals surface area contributed by atoms with Gasteiger partial charge in [-0.2, -0.15) is 0 Å². The molecule has 0 aliphatic heterocycles. The molecule has 0 unspecified atom stereocenters. The largest absolute Gasteiger partial charge is 0.496 e. The number of hydrogen-bond donors (Lipinski definition) is 0. The van der Waals surface area contributed by atoms with Gasteiger partial charge in [0.25, 0.3) is 0 Å². The molecule has 3 aromatic rings. The minimum absolute atomic E-state index is 0.444. The lowest BCUT2D eigenvalue weighted by atomic mass is 10.1. The third-order valence-electron chi connectivity index (χ3n) is 3.20. The molecule has 0 bridgehead atoms. The van der Waals surface area contributed by atoms with E-state index >= 15 is 0 Å². The number of rotatable bonds is 5. The smallest absolute Gasteiger partial charge is 0.242 e. The van der Waals surface area contributed by atoms with Crippen molar-refractivity contribution in [1.29, 1.82) is 0 Å². The van der Waals surface area contributed by atoms with Gasteiger partial charge in [0.1, 0.15) is 10.6 Å². The van der Waals surface area contributed by atoms with Gasteiger partial charge in [-0.25, -0.2) is 4.52 Å². The van der Waals surface area contributed by atoms with Crippen LogP contribution in [0.25, 0.3) is 16.1 Å². The second-order valence-corrected chi connectivity index (χ2v) is 5.83. The van der Waals surface area contributed by atoms with E-state index in [9.17, 15) is 0 Å². The molecule has 2 heterocycles. The van der Waals surface area contributed by atoms with Crippen molar-refractivity contribution >= 4 is 27.8 Å². The van der Waals surface area contributed by atoms with Gasteiger partial charge in [-0.15, -0.1) is 16.4 Å². The van der Waals surface area contributed by atoms with Crippen LogP contribution in [0.4, 0.5) is 0 Å². The second kappa shape index (κ2) is 6.16. The fraction of sp³-hybridized carbons (Fsp3) is 0.267. The predicted octanol–water partition coefficient (Wildman–Crippen LogP) is 3.68. The maximum absolute atomic E-state index is 6.47. The maximum atomic E-state index is 6.47. The Morgan fingerprint density at radius 2 is 2.09 bits per heavy atom. The summed E-state index contributed by atoms with van der Waals surface area (Å²) in [6, 6.07) is 6.86. The van der Waals surface area contributed by atoms with Gasteiger partial charge in [-0.1, -0.05) is 11.6 Å². The molecule has 22 heavy (non-hydrogen) atoms. The fourth-order valence-corrected chi connectivity index (χ4v) is 3.42. The first kappa shape index (κ1) is 15.1. The second-order valence-electron chi connectivity index (χ2n) is 4.56. The lowest BCUT2D eigenvalue weighted by Crippen LogP contribution is -1.97. The molecule has 1 radical (unpaired) electrons. The number of hydrogen-bond acceptors (Lipinski definition) is 5. The predicted molar refractivity (Wildman–Crippen MR) is 86.2 cm³/mol. The van der Waals surface area contributed by atoms with Gasteiger partial charge >= 0.3 is 0 Å². The number of benzene rings is 1. The van der Waals surface area contributed by atoms with Crippen LogP contribution in [0.15, 0.2) is 17.5 Å². The van der Waals surface area contributed by atoms with E-state index in [1.807, 2.05) is 17.5 Å². The highest BCUT2D eigenvalue weighted by Crippen LogP contribution is 2.40. The normalized spacial score (nSPS) is 11.1. The number of ether oxygens (including phenoxy) is 3. The van der Waals surface area contributed by atoms with E-state index in [4.69, 9.17) is 25.8 Å². The molecular weight excluding hydrogens is 324 g/mol. The van der Waals surface area contributed by atoms with Crippen LogP contribution in [-0.2, 0) is 11.3 Å². The zero-order valence-corrected chi connectivity index (χ0v) is 13.9. The van der Waals surface area contributed by atoms with E-state index in [1.165, 1.54) is 11.3 Å². The van der Waals surface area contributed by atoms with Gasteiger partial charge in [-0.05, 0) is 17.7 Å². The van der Waals surface area contributed by atoms with Crippen molar-refractivity contribution in [3.05, 3.63) is 34.2 Å². The molecule has 0 saturated carbocycles. The molecule has 7 heteroatoms. The van der Waals surface area contributed by atoms with Gasteiger partial charge in [0.05, 0.1) is 43.2 Å². The lowest BCUT2D eigenvalue weighted by Gasteiger charge is -2.12. The first-order valence-electron chi connectivity index (χ1n) is 6.47. The first-order valence-corrected chi connectivity index (χ1v) is 7.73. The van der Waals surface area contributed by atoms with Crippen LogP contribution in [0, 0.1) is 6.07 Å². The molecule has 0 amide bonds. The quantitative estimate of drug-likeness (QED) is 0.712. The average Bonchev–Trinajstić information content (AvgIpc) is 3.07. The summed E-state index contributed by atoms with van der Waals surface area (Å²) in [5.74, 6) is 1.12. The standard InChI is InChI=1S/C15H14ClN2O3S/c1-19-7-9-4-10(16)15(12(5-9)20-2)11-8-22-14-6-13(21-3)17-18(11)14/h4-5,8H,7H2,1-3H3. The number of halogens is 1. The fourth-order valence-electron chi connectivity index (χ4n) is 2.26. The van der Waals surface area contributed by atoms with Crippen LogP contribution in [0.5, 0.6) is 11.6 Å². The van der Waals surface area contributed by atoms with Crippen molar-refractivity contribution in [2.24, 2.45) is 0 Å². The molecule has 3 rings (SSSR count). The number of methoxy groups -OCH3 is 3. The summed E-state index contributed by atoms with van der Waals surface area (Å²) in [6.45, 7) is 0.471. The zero-order chi connectivity index (χ0) is 15.7. The lowest BCUT2D eigenvalue weighted by molar-refractivity contribution is 0.184. The summed E-state index contributed by atoms with van der Waals surface area (Å²) in [4.78, 5) is 0.853. The number of thiazole rings is 1. The summed E-state index contributed by atoms with van der Waals surface area (Å²) >= 11 is 7.98. The Labute approximate surface area is 137 Å². The van der Waals surface area contributed by atoms with Gasteiger partial charge in [0, 0.05) is 12.5 Å². The van der Waals surface area contributed by atoms with Crippen LogP contribution in [0.3, 0.4) is 0 Å². The highest BCUT2D eigenvalue weighted by Gasteiger charge is 2.18. The van der Waals surface area contributed by atoms with Gasteiger partial charge in [0.2, 0.25) is 5.88 Å². The molecule has 1 aromatic carbocycles. The SMILES string of the molecule is COCc1cc(Cl)c(-c2csc3[c]c(OC)nn23)c(OC)c1. The van der Waals surface area contributed by atoms with Crippen molar-refractivity contribution in [1.82, 2.24) is 9.61 Å². The van der Waals surface area contributed by atoms with Crippen LogP contribution in [-0.4, -0.2) is 30.9 Å². The van der Waals surface area contributed by atoms with Crippen LogP contribution in [0.2, 0.25) is 5.02 Å². The topological polar surface area (TPSA) is 45.0 Å². The molecule has 0 saturated heterocycles. The molecule has 0 aliphatic rings. The molecular formula is C15H14ClN2O3S. The monoisotopic (exact) mass is 337 g/mol. The third kappa shape index (κ3) is 2.54. The van der Waals surface area contributed by atoms with Crippen molar-refractivity contribution in [2.75, 3.05) is 21.3 Å². The summed E-state index contributed by atoms with van der Waals surface area (Å²) in [5.41, 5.74) is 2.57. The minimum atomic E-state index is 0.444. The Balaban J connectivity index is 2.18. The van der Waals surface area contributed by atoms with E-state index in [0.717, 1.165) is 21.7 Å². The van der Waals surface area contributed by atoms with E-state index in [2.05, 4.69) is 11.2 Å². The highest BCUT2D eigenvalue weighted by molar-refractivity contribution is 7.15. The molecule has 115 valence electrons. The maximum Gasteiger partial charge on any atom is 0.242 e. The number of nitrogens with zero attached hydrogens (tertiary/aromatic N) is 2. The molecule has 0 aliphatic carbocycles. The molecule has 0 atom stereocenters. The molecule has 0 spiro atoms. The molecule has 2 aromatic heterocycles. The van der Waals surface area contributed by atoms with E-state index in [-0.39, 0.29) is 0 Å². The number of aromatic nitrogens is 2. The van der Waals surface area contributed by atoms with Gasteiger partial charge in [0.15, 0.2) is 0 Å². The number of fused-ring (bicyclic) bond motifs is 1. The Bertz CT molecular complexity index is 813. The Morgan fingerprint density at radius 1 is 1.27 bits per heavy atom. The summed E-state index contributed by atoms with van der Waals surface area (Å²) in [6.07, 6.45) is 0. The van der Waals surface area contributed by atoms with Crippen LogP contribution in [0.1, 0.15) is 5.56 Å². The van der Waals surface area contributed by atoms with Crippen LogP contribution < -0.4 is 9.47 Å².